The number of thiophene rings is 1. The van der Waals surface area contributed by atoms with Crippen LogP contribution in [0.4, 0.5) is 5.82 Å². The van der Waals surface area contributed by atoms with Gasteiger partial charge in [0.05, 0.1) is 18.6 Å². The van der Waals surface area contributed by atoms with Crippen molar-refractivity contribution in [2.24, 2.45) is 0 Å². The van der Waals surface area contributed by atoms with Crippen LogP contribution in [0.5, 0.6) is 0 Å². The van der Waals surface area contributed by atoms with E-state index in [2.05, 4.69) is 40.0 Å². The van der Waals surface area contributed by atoms with E-state index in [1.807, 2.05) is 0 Å². The summed E-state index contributed by atoms with van der Waals surface area (Å²) in [7, 11) is 3.43. The topological polar surface area (TPSA) is 47.5 Å². The number of rotatable bonds is 8. The number of benzene rings is 1. The predicted molar refractivity (Wildman–Crippen MR) is 125 cm³/mol. The van der Waals surface area contributed by atoms with Gasteiger partial charge in [-0.05, 0) is 60.9 Å². The smallest absolute Gasteiger partial charge is 0.225 e. The number of hydrogen-bond donors (Lipinski definition) is 0. The summed E-state index contributed by atoms with van der Waals surface area (Å²) in [5.41, 5.74) is 5.42. The molecule has 160 valence electrons. The molecule has 0 atom stereocenters. The molecule has 0 saturated heterocycles. The number of aryl methyl sites for hydroxylation is 3. The van der Waals surface area contributed by atoms with Gasteiger partial charge in [0.2, 0.25) is 5.28 Å². The highest BCUT2D eigenvalue weighted by atomic mass is 35.5. The summed E-state index contributed by atoms with van der Waals surface area (Å²) >= 11 is 8.01. The Hall–Kier alpha value is -1.73. The van der Waals surface area contributed by atoms with Crippen molar-refractivity contribution in [3.05, 3.63) is 39.5 Å². The lowest BCUT2D eigenvalue weighted by molar-refractivity contribution is 0.190. The minimum atomic E-state index is 0.274. The van der Waals surface area contributed by atoms with Crippen molar-refractivity contribution < 1.29 is 9.47 Å². The largest absolute Gasteiger partial charge is 0.383 e. The van der Waals surface area contributed by atoms with Crippen LogP contribution in [0, 0.1) is 6.92 Å². The average Bonchev–Trinajstić information content (AvgIpc) is 3.08. The second-order valence-electron chi connectivity index (χ2n) is 7.69. The average molecular weight is 446 g/mol. The number of anilines is 1. The van der Waals surface area contributed by atoms with Crippen molar-refractivity contribution in [1.29, 1.82) is 0 Å². The van der Waals surface area contributed by atoms with Gasteiger partial charge in [0.15, 0.2) is 0 Å². The monoisotopic (exact) mass is 445 g/mol. The molecular formula is C23H28ClN3O2S. The van der Waals surface area contributed by atoms with E-state index < -0.39 is 0 Å². The van der Waals surface area contributed by atoms with Crippen molar-refractivity contribution in [2.75, 3.05) is 45.4 Å². The molecule has 3 aromatic rings. The normalized spacial score (nSPS) is 13.6. The first-order valence-corrected chi connectivity index (χ1v) is 11.6. The van der Waals surface area contributed by atoms with Crippen molar-refractivity contribution in [3.8, 4) is 11.1 Å². The summed E-state index contributed by atoms with van der Waals surface area (Å²) in [4.78, 5) is 13.6. The predicted octanol–water partition coefficient (Wildman–Crippen LogP) is 5.30. The van der Waals surface area contributed by atoms with E-state index in [0.717, 1.165) is 22.5 Å². The van der Waals surface area contributed by atoms with Gasteiger partial charge in [-0.1, -0.05) is 18.2 Å². The number of nitrogens with zero attached hydrogens (tertiary/aromatic N) is 3. The first-order valence-electron chi connectivity index (χ1n) is 10.4. The van der Waals surface area contributed by atoms with Crippen LogP contribution in [-0.2, 0) is 22.3 Å². The zero-order valence-electron chi connectivity index (χ0n) is 17.8. The maximum atomic E-state index is 6.33. The van der Waals surface area contributed by atoms with E-state index in [1.54, 1.807) is 25.6 Å². The fourth-order valence-corrected chi connectivity index (χ4v) is 5.51. The summed E-state index contributed by atoms with van der Waals surface area (Å²) in [5.74, 6) is 0.858. The maximum Gasteiger partial charge on any atom is 0.225 e. The van der Waals surface area contributed by atoms with E-state index in [0.29, 0.717) is 26.3 Å². The number of aromatic nitrogens is 2. The van der Waals surface area contributed by atoms with Gasteiger partial charge < -0.3 is 14.4 Å². The standard InChI is InChI=1S/C23H28ClN3O2S/c1-15-19(18-9-8-16-6-4-5-7-17(16)14-18)20-21(25-23(24)26-22(20)30-15)27(10-12-28-2)11-13-29-3/h8-9,14H,4-7,10-13H2,1-3H3. The third-order valence-electron chi connectivity index (χ3n) is 5.75. The van der Waals surface area contributed by atoms with E-state index in [9.17, 15) is 0 Å². The lowest BCUT2D eigenvalue weighted by Gasteiger charge is -2.24. The van der Waals surface area contributed by atoms with Crippen LogP contribution < -0.4 is 4.90 Å². The molecule has 0 amide bonds. The highest BCUT2D eigenvalue weighted by Crippen LogP contribution is 2.43. The Balaban J connectivity index is 1.87. The molecule has 1 aliphatic carbocycles. The minimum absolute atomic E-state index is 0.274. The molecule has 1 aliphatic rings. The number of halogens is 1. The van der Waals surface area contributed by atoms with Gasteiger partial charge in [0.1, 0.15) is 10.6 Å². The number of ether oxygens (including phenoxy) is 2. The summed E-state index contributed by atoms with van der Waals surface area (Å²) in [6.07, 6.45) is 4.90. The summed E-state index contributed by atoms with van der Waals surface area (Å²) < 4.78 is 10.7. The highest BCUT2D eigenvalue weighted by molar-refractivity contribution is 7.19. The molecule has 30 heavy (non-hydrogen) atoms. The zero-order valence-corrected chi connectivity index (χ0v) is 19.4. The number of methoxy groups -OCH3 is 2. The molecule has 0 radical (unpaired) electrons. The molecule has 5 nitrogen and oxygen atoms in total. The van der Waals surface area contributed by atoms with Gasteiger partial charge in [0, 0.05) is 37.7 Å². The number of fused-ring (bicyclic) bond motifs is 2. The Morgan fingerprint density at radius 2 is 1.73 bits per heavy atom. The summed E-state index contributed by atoms with van der Waals surface area (Å²) in [6, 6.07) is 6.93. The van der Waals surface area contributed by atoms with Crippen LogP contribution in [0.1, 0.15) is 28.8 Å². The van der Waals surface area contributed by atoms with E-state index in [4.69, 9.17) is 21.1 Å². The van der Waals surface area contributed by atoms with Gasteiger partial charge >= 0.3 is 0 Å². The fraction of sp³-hybridized carbons (Fsp3) is 0.478. The summed E-state index contributed by atoms with van der Waals surface area (Å²) in [6.45, 7) is 4.78. The van der Waals surface area contributed by atoms with Crippen LogP contribution in [0.2, 0.25) is 5.28 Å². The second kappa shape index (κ2) is 9.60. The molecule has 7 heteroatoms. The Bertz CT molecular complexity index is 1030. The van der Waals surface area contributed by atoms with Crippen molar-refractivity contribution in [3.63, 3.8) is 0 Å². The van der Waals surface area contributed by atoms with Crippen molar-refractivity contribution >= 4 is 39.0 Å². The quantitative estimate of drug-likeness (QED) is 0.440. The van der Waals surface area contributed by atoms with Gasteiger partial charge in [-0.25, -0.2) is 4.98 Å². The van der Waals surface area contributed by atoms with Crippen LogP contribution in [0.15, 0.2) is 18.2 Å². The van der Waals surface area contributed by atoms with Gasteiger partial charge in [-0.3, -0.25) is 0 Å². The van der Waals surface area contributed by atoms with Crippen LogP contribution >= 0.6 is 22.9 Å². The first-order chi connectivity index (χ1) is 14.6. The van der Waals surface area contributed by atoms with Gasteiger partial charge in [-0.2, -0.15) is 4.98 Å². The maximum absolute atomic E-state index is 6.33. The lowest BCUT2D eigenvalue weighted by atomic mass is 9.89. The first kappa shape index (κ1) is 21.5. The molecule has 0 bridgehead atoms. The van der Waals surface area contributed by atoms with E-state index in [1.165, 1.54) is 46.4 Å². The molecule has 0 fully saturated rings. The summed E-state index contributed by atoms with van der Waals surface area (Å²) in [5, 5.41) is 1.35. The Kier molecular flexibility index (Phi) is 6.88. The van der Waals surface area contributed by atoms with E-state index >= 15 is 0 Å². The van der Waals surface area contributed by atoms with E-state index in [-0.39, 0.29) is 5.28 Å². The third-order valence-corrected chi connectivity index (χ3v) is 6.92. The van der Waals surface area contributed by atoms with Crippen LogP contribution in [0.25, 0.3) is 21.3 Å². The van der Waals surface area contributed by atoms with Crippen molar-refractivity contribution in [2.45, 2.75) is 32.6 Å². The van der Waals surface area contributed by atoms with Crippen LogP contribution in [-0.4, -0.2) is 50.5 Å². The Morgan fingerprint density at radius 3 is 2.43 bits per heavy atom. The molecule has 4 rings (SSSR count). The van der Waals surface area contributed by atoms with Gasteiger partial charge in [0.25, 0.3) is 0 Å². The molecule has 0 unspecified atom stereocenters. The van der Waals surface area contributed by atoms with Gasteiger partial charge in [-0.15, -0.1) is 11.3 Å². The Labute approximate surface area is 187 Å². The minimum Gasteiger partial charge on any atom is -0.383 e. The molecule has 2 heterocycles. The molecule has 2 aromatic heterocycles. The molecule has 1 aromatic carbocycles. The Morgan fingerprint density at radius 1 is 1.03 bits per heavy atom. The highest BCUT2D eigenvalue weighted by Gasteiger charge is 2.22. The SMILES string of the molecule is COCCN(CCOC)c1nc(Cl)nc2sc(C)c(-c3ccc4c(c3)CCCC4)c12. The molecule has 0 saturated carbocycles. The second-order valence-corrected chi connectivity index (χ2v) is 9.23. The molecular weight excluding hydrogens is 418 g/mol. The molecule has 0 aliphatic heterocycles. The molecule has 0 spiro atoms. The van der Waals surface area contributed by atoms with Crippen molar-refractivity contribution in [1.82, 2.24) is 9.97 Å². The van der Waals surface area contributed by atoms with Crippen LogP contribution in [0.3, 0.4) is 0 Å². The number of hydrogen-bond acceptors (Lipinski definition) is 6. The fourth-order valence-electron chi connectivity index (χ4n) is 4.26. The zero-order chi connectivity index (χ0) is 21.1. The lowest BCUT2D eigenvalue weighted by Crippen LogP contribution is -2.31. The molecule has 0 N–H and O–H groups in total. The third kappa shape index (κ3) is 4.33.